The number of imidazole rings is 1. The van der Waals surface area contributed by atoms with Gasteiger partial charge in [0.25, 0.3) is 0 Å². The number of nitriles is 1. The van der Waals surface area contributed by atoms with Gasteiger partial charge in [-0.15, -0.1) is 0 Å². The van der Waals surface area contributed by atoms with Crippen LogP contribution in [0, 0.1) is 24.1 Å². The monoisotopic (exact) mass is 442 g/mol. The number of nitrogens with zero attached hydrogens (tertiary/aromatic N) is 5. The van der Waals surface area contributed by atoms with Gasteiger partial charge in [0, 0.05) is 37.1 Å². The molecule has 33 heavy (non-hydrogen) atoms. The SMILES string of the molecule is Cc1ccc(-c2c(-c3ccc(C#N)c(F)c3)nc(N3CCC(N)CC3)n3ccnc23)cc1O. The van der Waals surface area contributed by atoms with E-state index in [0.717, 1.165) is 31.5 Å². The van der Waals surface area contributed by atoms with Crippen LogP contribution in [0.15, 0.2) is 48.8 Å². The third-order valence-electron chi connectivity index (χ3n) is 6.21. The Morgan fingerprint density at radius 3 is 2.61 bits per heavy atom. The minimum absolute atomic E-state index is 0.0274. The van der Waals surface area contributed by atoms with E-state index in [1.807, 2.05) is 35.7 Å². The number of benzene rings is 2. The van der Waals surface area contributed by atoms with Crippen molar-refractivity contribution in [2.45, 2.75) is 25.8 Å². The number of fused-ring (bicyclic) bond motifs is 1. The summed E-state index contributed by atoms with van der Waals surface area (Å²) in [6.45, 7) is 3.34. The van der Waals surface area contributed by atoms with Crippen LogP contribution in [-0.2, 0) is 0 Å². The van der Waals surface area contributed by atoms with Crippen molar-refractivity contribution in [3.05, 3.63) is 65.7 Å². The maximum absolute atomic E-state index is 14.6. The van der Waals surface area contributed by atoms with Gasteiger partial charge in [-0.25, -0.2) is 14.4 Å². The molecule has 166 valence electrons. The molecule has 4 aromatic rings. The molecule has 2 aromatic heterocycles. The highest BCUT2D eigenvalue weighted by Crippen LogP contribution is 2.38. The normalized spacial score (nSPS) is 14.5. The molecule has 1 aliphatic rings. The molecule has 3 N–H and O–H groups in total. The van der Waals surface area contributed by atoms with E-state index >= 15 is 0 Å². The number of hydrogen-bond donors (Lipinski definition) is 2. The lowest BCUT2D eigenvalue weighted by Crippen LogP contribution is -2.40. The lowest BCUT2D eigenvalue weighted by atomic mass is 9.98. The minimum atomic E-state index is -0.608. The largest absolute Gasteiger partial charge is 0.508 e. The number of aryl methyl sites for hydroxylation is 1. The summed E-state index contributed by atoms with van der Waals surface area (Å²) in [5.74, 6) is 0.251. The summed E-state index contributed by atoms with van der Waals surface area (Å²) >= 11 is 0. The van der Waals surface area contributed by atoms with E-state index < -0.39 is 5.82 Å². The molecule has 3 heterocycles. The van der Waals surface area contributed by atoms with Crippen LogP contribution in [0.3, 0.4) is 0 Å². The second-order valence-electron chi connectivity index (χ2n) is 8.39. The Labute approximate surface area is 190 Å². The van der Waals surface area contributed by atoms with Gasteiger partial charge >= 0.3 is 0 Å². The summed E-state index contributed by atoms with van der Waals surface area (Å²) < 4.78 is 16.5. The van der Waals surface area contributed by atoms with Crippen LogP contribution in [0.1, 0.15) is 24.0 Å². The molecule has 8 heteroatoms. The molecule has 0 aliphatic carbocycles. The molecule has 5 rings (SSSR count). The maximum atomic E-state index is 14.6. The lowest BCUT2D eigenvalue weighted by molar-refractivity contribution is 0.471. The van der Waals surface area contributed by atoms with Gasteiger partial charge in [-0.05, 0) is 49.1 Å². The maximum Gasteiger partial charge on any atom is 0.211 e. The Kier molecular flexibility index (Phi) is 5.19. The Morgan fingerprint density at radius 1 is 1.15 bits per heavy atom. The van der Waals surface area contributed by atoms with E-state index in [1.165, 1.54) is 12.1 Å². The van der Waals surface area contributed by atoms with Crippen LogP contribution >= 0.6 is 0 Å². The summed E-state index contributed by atoms with van der Waals surface area (Å²) in [5, 5.41) is 19.5. The van der Waals surface area contributed by atoms with E-state index in [9.17, 15) is 9.50 Å². The molecule has 0 spiro atoms. The number of phenols is 1. The molecule has 0 amide bonds. The molecule has 0 bridgehead atoms. The molecule has 1 aliphatic heterocycles. The summed E-state index contributed by atoms with van der Waals surface area (Å²) in [5.41, 5.74) is 9.93. The molecule has 0 radical (unpaired) electrons. The fraction of sp³-hybridized carbons (Fsp3) is 0.240. The van der Waals surface area contributed by atoms with E-state index in [1.54, 1.807) is 18.3 Å². The molecule has 0 atom stereocenters. The number of anilines is 1. The average molecular weight is 442 g/mol. The van der Waals surface area contributed by atoms with E-state index in [-0.39, 0.29) is 17.4 Å². The number of phenolic OH excluding ortho intramolecular Hbond substituents is 1. The Hall–Kier alpha value is -3.96. The number of nitrogens with two attached hydrogens (primary N) is 1. The van der Waals surface area contributed by atoms with Gasteiger partial charge in [0.2, 0.25) is 5.95 Å². The van der Waals surface area contributed by atoms with Crippen molar-refractivity contribution in [1.29, 1.82) is 5.26 Å². The lowest BCUT2D eigenvalue weighted by Gasteiger charge is -2.32. The van der Waals surface area contributed by atoms with Crippen LogP contribution in [0.2, 0.25) is 0 Å². The fourth-order valence-corrected chi connectivity index (χ4v) is 4.28. The number of aromatic hydroxyl groups is 1. The first-order valence-corrected chi connectivity index (χ1v) is 10.8. The zero-order valence-electron chi connectivity index (χ0n) is 18.2. The van der Waals surface area contributed by atoms with Gasteiger partial charge in [0.05, 0.1) is 16.8 Å². The molecule has 0 saturated carbocycles. The first kappa shape index (κ1) is 20.9. The standard InChI is InChI=1S/C25H23FN6O/c1-15-2-3-16(13-21(15)33)22-23(17-4-5-18(14-27)20(26)12-17)30-25(32-11-8-29-24(22)32)31-9-6-19(28)7-10-31/h2-5,8,11-13,19,33H,6-7,9-10,28H2,1H3. The molecule has 1 fully saturated rings. The highest BCUT2D eigenvalue weighted by molar-refractivity contribution is 5.91. The Bertz CT molecular complexity index is 1400. The third-order valence-corrected chi connectivity index (χ3v) is 6.21. The molecule has 1 saturated heterocycles. The molecular formula is C25H23FN6O. The second kappa shape index (κ2) is 8.19. The first-order valence-electron chi connectivity index (χ1n) is 10.8. The number of rotatable bonds is 3. The van der Waals surface area contributed by atoms with Crippen molar-refractivity contribution >= 4 is 11.6 Å². The van der Waals surface area contributed by atoms with Crippen molar-refractivity contribution in [2.24, 2.45) is 5.73 Å². The van der Waals surface area contributed by atoms with Gasteiger partial charge < -0.3 is 15.7 Å². The number of piperidine rings is 1. The number of aromatic nitrogens is 3. The topological polar surface area (TPSA) is 103 Å². The quantitative estimate of drug-likeness (QED) is 0.497. The van der Waals surface area contributed by atoms with E-state index in [4.69, 9.17) is 16.0 Å². The first-order chi connectivity index (χ1) is 16.0. The van der Waals surface area contributed by atoms with Crippen molar-refractivity contribution in [3.63, 3.8) is 0 Å². The second-order valence-corrected chi connectivity index (χ2v) is 8.39. The smallest absolute Gasteiger partial charge is 0.211 e. The van der Waals surface area contributed by atoms with Gasteiger partial charge in [-0.2, -0.15) is 5.26 Å². The molecular weight excluding hydrogens is 419 g/mol. The highest BCUT2D eigenvalue weighted by atomic mass is 19.1. The predicted octanol–water partition coefficient (Wildman–Crippen LogP) is 4.02. The summed E-state index contributed by atoms with van der Waals surface area (Å²) in [6, 6.07) is 11.9. The minimum Gasteiger partial charge on any atom is -0.508 e. The summed E-state index contributed by atoms with van der Waals surface area (Å²) in [7, 11) is 0. The summed E-state index contributed by atoms with van der Waals surface area (Å²) in [6.07, 6.45) is 5.27. The molecule has 7 nitrogen and oxygen atoms in total. The van der Waals surface area contributed by atoms with Crippen LogP contribution in [0.4, 0.5) is 10.3 Å². The van der Waals surface area contributed by atoms with Gasteiger partial charge in [-0.3, -0.25) is 4.40 Å². The van der Waals surface area contributed by atoms with Gasteiger partial charge in [-0.1, -0.05) is 18.2 Å². The van der Waals surface area contributed by atoms with Crippen molar-refractivity contribution in [3.8, 4) is 34.2 Å². The number of halogens is 1. The van der Waals surface area contributed by atoms with Crippen LogP contribution in [0.5, 0.6) is 5.75 Å². The van der Waals surface area contributed by atoms with Crippen molar-refractivity contribution in [2.75, 3.05) is 18.0 Å². The fourth-order valence-electron chi connectivity index (χ4n) is 4.28. The van der Waals surface area contributed by atoms with Gasteiger partial charge in [0.15, 0.2) is 0 Å². The zero-order chi connectivity index (χ0) is 23.1. The highest BCUT2D eigenvalue weighted by Gasteiger charge is 2.24. The van der Waals surface area contributed by atoms with E-state index in [2.05, 4.69) is 9.88 Å². The van der Waals surface area contributed by atoms with E-state index in [0.29, 0.717) is 34.0 Å². The average Bonchev–Trinajstić information content (AvgIpc) is 3.30. The predicted molar refractivity (Wildman–Crippen MR) is 124 cm³/mol. The third kappa shape index (κ3) is 3.66. The van der Waals surface area contributed by atoms with Gasteiger partial charge in [0.1, 0.15) is 23.3 Å². The van der Waals surface area contributed by atoms with Crippen LogP contribution in [-0.4, -0.2) is 38.6 Å². The Morgan fingerprint density at radius 2 is 1.91 bits per heavy atom. The molecule has 0 unspecified atom stereocenters. The Balaban J connectivity index is 1.79. The van der Waals surface area contributed by atoms with Crippen molar-refractivity contribution in [1.82, 2.24) is 14.4 Å². The van der Waals surface area contributed by atoms with Crippen LogP contribution in [0.25, 0.3) is 28.0 Å². The van der Waals surface area contributed by atoms with Crippen molar-refractivity contribution < 1.29 is 9.50 Å². The summed E-state index contributed by atoms with van der Waals surface area (Å²) in [4.78, 5) is 11.8. The zero-order valence-corrected chi connectivity index (χ0v) is 18.2. The molecule has 2 aromatic carbocycles. The number of hydrogen-bond acceptors (Lipinski definition) is 6. The van der Waals surface area contributed by atoms with Crippen LogP contribution < -0.4 is 10.6 Å².